The second-order valence-electron chi connectivity index (χ2n) is 4.72. The van der Waals surface area contributed by atoms with Crippen LogP contribution >= 0.6 is 11.3 Å². The first-order chi connectivity index (χ1) is 8.06. The van der Waals surface area contributed by atoms with Crippen molar-refractivity contribution in [3.63, 3.8) is 0 Å². The Bertz CT molecular complexity index is 306. The maximum atomic E-state index is 5.73. The number of nitrogens with two attached hydrogens (primary N) is 1. The van der Waals surface area contributed by atoms with Crippen molar-refractivity contribution in [1.82, 2.24) is 15.3 Å². The molecule has 1 aromatic heterocycles. The summed E-state index contributed by atoms with van der Waals surface area (Å²) in [5, 5.41) is 0. The number of nitrogens with one attached hydrogen (secondary N) is 1. The lowest BCUT2D eigenvalue weighted by Gasteiger charge is -2.43. The average molecular weight is 256 g/mol. The van der Waals surface area contributed by atoms with Gasteiger partial charge in [0.15, 0.2) is 0 Å². The third-order valence-electron chi connectivity index (χ3n) is 3.52. The molecule has 1 unspecified atom stereocenters. The second-order valence-corrected chi connectivity index (χ2v) is 5.69. The van der Waals surface area contributed by atoms with Gasteiger partial charge in [-0.1, -0.05) is 13.8 Å². The maximum Gasteiger partial charge on any atom is 0.0794 e. The van der Waals surface area contributed by atoms with Gasteiger partial charge in [0.2, 0.25) is 0 Å². The van der Waals surface area contributed by atoms with Crippen molar-refractivity contribution in [3.8, 4) is 0 Å². The zero-order chi connectivity index (χ0) is 12.9. The molecule has 0 amide bonds. The van der Waals surface area contributed by atoms with E-state index < -0.39 is 0 Å². The largest absolute Gasteiger partial charge is 0.297 e. The van der Waals surface area contributed by atoms with E-state index in [0.29, 0.717) is 0 Å². The summed E-state index contributed by atoms with van der Waals surface area (Å²) < 4.78 is 0. The molecule has 5 heteroatoms. The summed E-state index contributed by atoms with van der Waals surface area (Å²) >= 11 is 1.68. The fraction of sp³-hybridized carbons (Fsp3) is 0.750. The van der Waals surface area contributed by atoms with Gasteiger partial charge < -0.3 is 0 Å². The average Bonchev–Trinajstić information content (AvgIpc) is 2.79. The monoisotopic (exact) mass is 256 g/mol. The van der Waals surface area contributed by atoms with E-state index in [0.717, 1.165) is 19.5 Å². The van der Waals surface area contributed by atoms with Crippen LogP contribution in [-0.4, -0.2) is 34.6 Å². The van der Waals surface area contributed by atoms with Crippen LogP contribution in [0.1, 0.15) is 32.6 Å². The quantitative estimate of drug-likeness (QED) is 0.575. The molecule has 17 heavy (non-hydrogen) atoms. The molecule has 1 atom stereocenters. The predicted molar refractivity (Wildman–Crippen MR) is 73.9 cm³/mol. The maximum absolute atomic E-state index is 5.73. The number of likely N-dealkylation sites (N-methyl/N-ethyl adjacent to an activating group) is 1. The minimum absolute atomic E-state index is 0.0300. The highest BCUT2D eigenvalue weighted by Gasteiger charge is 2.33. The van der Waals surface area contributed by atoms with E-state index in [2.05, 4.69) is 43.0 Å². The summed E-state index contributed by atoms with van der Waals surface area (Å²) in [5.41, 5.74) is 4.87. The van der Waals surface area contributed by atoms with Gasteiger partial charge in [-0.2, -0.15) is 0 Å². The van der Waals surface area contributed by atoms with Crippen LogP contribution in [0.2, 0.25) is 0 Å². The van der Waals surface area contributed by atoms with Crippen LogP contribution in [0.15, 0.2) is 11.7 Å². The first-order valence-corrected chi connectivity index (χ1v) is 7.02. The standard InChI is InChI=1S/C12H24N4S/c1-5-16(6-2)12(3,4)11(15-13)7-10-8-14-9-17-10/h8-9,11,15H,5-7,13H2,1-4H3. The highest BCUT2D eigenvalue weighted by molar-refractivity contribution is 7.09. The summed E-state index contributed by atoms with van der Waals surface area (Å²) in [4.78, 5) is 7.81. The van der Waals surface area contributed by atoms with Gasteiger partial charge in [0.1, 0.15) is 0 Å². The molecule has 0 saturated heterocycles. The van der Waals surface area contributed by atoms with E-state index >= 15 is 0 Å². The summed E-state index contributed by atoms with van der Waals surface area (Å²) in [7, 11) is 0. The molecule has 0 bridgehead atoms. The van der Waals surface area contributed by atoms with Crippen molar-refractivity contribution >= 4 is 11.3 Å². The summed E-state index contributed by atoms with van der Waals surface area (Å²) in [6.07, 6.45) is 2.85. The number of aromatic nitrogens is 1. The number of rotatable bonds is 7. The third-order valence-corrected chi connectivity index (χ3v) is 4.32. The van der Waals surface area contributed by atoms with Crippen LogP contribution < -0.4 is 11.3 Å². The molecule has 0 aromatic carbocycles. The van der Waals surface area contributed by atoms with Crippen molar-refractivity contribution < 1.29 is 0 Å². The Hall–Kier alpha value is -0.490. The molecule has 98 valence electrons. The van der Waals surface area contributed by atoms with Gasteiger partial charge in [-0.05, 0) is 26.9 Å². The Morgan fingerprint density at radius 3 is 2.53 bits per heavy atom. The predicted octanol–water partition coefficient (Wildman–Crippen LogP) is 1.64. The van der Waals surface area contributed by atoms with Crippen molar-refractivity contribution in [2.24, 2.45) is 5.84 Å². The van der Waals surface area contributed by atoms with Gasteiger partial charge in [0.05, 0.1) is 5.51 Å². The Labute approximate surface area is 108 Å². The van der Waals surface area contributed by atoms with Crippen LogP contribution in [0.25, 0.3) is 0 Å². The molecule has 0 fully saturated rings. The van der Waals surface area contributed by atoms with E-state index in [9.17, 15) is 0 Å². The number of hydrazine groups is 1. The molecular weight excluding hydrogens is 232 g/mol. The molecule has 1 aromatic rings. The summed E-state index contributed by atoms with van der Waals surface area (Å²) in [6.45, 7) is 10.9. The Morgan fingerprint density at radius 1 is 1.47 bits per heavy atom. The van der Waals surface area contributed by atoms with Crippen molar-refractivity contribution in [3.05, 3.63) is 16.6 Å². The summed E-state index contributed by atoms with van der Waals surface area (Å²) in [6, 6.07) is 0.225. The number of hydrogen-bond donors (Lipinski definition) is 2. The van der Waals surface area contributed by atoms with Crippen LogP contribution in [0.4, 0.5) is 0 Å². The zero-order valence-corrected chi connectivity index (χ0v) is 12.0. The van der Waals surface area contributed by atoms with E-state index in [1.54, 1.807) is 11.3 Å². The normalized spacial score (nSPS) is 14.2. The molecule has 0 spiro atoms. The molecule has 0 saturated carbocycles. The number of nitrogens with zero attached hydrogens (tertiary/aromatic N) is 2. The Morgan fingerprint density at radius 2 is 2.12 bits per heavy atom. The molecule has 0 radical (unpaired) electrons. The van der Waals surface area contributed by atoms with E-state index in [-0.39, 0.29) is 11.6 Å². The minimum atomic E-state index is 0.0300. The Kier molecular flexibility index (Phi) is 5.52. The zero-order valence-electron chi connectivity index (χ0n) is 11.2. The molecule has 3 N–H and O–H groups in total. The fourth-order valence-corrected chi connectivity index (χ4v) is 2.96. The van der Waals surface area contributed by atoms with Gasteiger partial charge in [-0.3, -0.25) is 21.2 Å². The van der Waals surface area contributed by atoms with Crippen molar-refractivity contribution in [2.45, 2.75) is 45.7 Å². The van der Waals surface area contributed by atoms with Crippen molar-refractivity contribution in [2.75, 3.05) is 13.1 Å². The van der Waals surface area contributed by atoms with Crippen LogP contribution in [0, 0.1) is 0 Å². The van der Waals surface area contributed by atoms with E-state index in [4.69, 9.17) is 5.84 Å². The van der Waals surface area contributed by atoms with Gasteiger partial charge in [0.25, 0.3) is 0 Å². The molecular formula is C12H24N4S. The first-order valence-electron chi connectivity index (χ1n) is 6.14. The van der Waals surface area contributed by atoms with Crippen LogP contribution in [0.3, 0.4) is 0 Å². The lowest BCUT2D eigenvalue weighted by Crippen LogP contribution is -2.60. The molecule has 4 nitrogen and oxygen atoms in total. The smallest absolute Gasteiger partial charge is 0.0794 e. The molecule has 0 aliphatic carbocycles. The highest BCUT2D eigenvalue weighted by Crippen LogP contribution is 2.22. The lowest BCUT2D eigenvalue weighted by molar-refractivity contribution is 0.0915. The van der Waals surface area contributed by atoms with Gasteiger partial charge in [-0.25, -0.2) is 0 Å². The van der Waals surface area contributed by atoms with E-state index in [1.807, 2.05) is 11.7 Å². The molecule has 1 heterocycles. The van der Waals surface area contributed by atoms with Gasteiger partial charge in [0, 0.05) is 29.1 Å². The van der Waals surface area contributed by atoms with Gasteiger partial charge in [-0.15, -0.1) is 11.3 Å². The second kappa shape index (κ2) is 6.44. The van der Waals surface area contributed by atoms with Gasteiger partial charge >= 0.3 is 0 Å². The van der Waals surface area contributed by atoms with Crippen LogP contribution in [0.5, 0.6) is 0 Å². The highest BCUT2D eigenvalue weighted by atomic mass is 32.1. The number of hydrogen-bond acceptors (Lipinski definition) is 5. The van der Waals surface area contributed by atoms with Crippen LogP contribution in [-0.2, 0) is 6.42 Å². The minimum Gasteiger partial charge on any atom is -0.297 e. The molecule has 0 aliphatic rings. The molecule has 0 aliphatic heterocycles. The fourth-order valence-electron chi connectivity index (χ4n) is 2.32. The number of thiazole rings is 1. The molecule has 1 rings (SSSR count). The van der Waals surface area contributed by atoms with Crippen molar-refractivity contribution in [1.29, 1.82) is 0 Å². The lowest BCUT2D eigenvalue weighted by atomic mass is 9.90. The Balaban J connectivity index is 2.77. The van der Waals surface area contributed by atoms with E-state index in [1.165, 1.54) is 4.88 Å². The topological polar surface area (TPSA) is 54.2 Å². The third kappa shape index (κ3) is 3.48. The SMILES string of the molecule is CCN(CC)C(C)(C)C(Cc1cncs1)NN. The first kappa shape index (κ1) is 14.6. The summed E-state index contributed by atoms with van der Waals surface area (Å²) in [5.74, 6) is 5.73.